The molecule has 0 bridgehead atoms. The molecule has 1 fully saturated rings. The normalized spacial score (nSPS) is 15.0. The molecule has 1 aromatic heterocycles. The minimum Gasteiger partial charge on any atom is -0.459 e. The van der Waals surface area contributed by atoms with Gasteiger partial charge in [0.2, 0.25) is 5.91 Å². The van der Waals surface area contributed by atoms with Crippen LogP contribution in [0.4, 0.5) is 0 Å². The third-order valence-corrected chi connectivity index (χ3v) is 5.16. The van der Waals surface area contributed by atoms with Crippen molar-refractivity contribution in [3.63, 3.8) is 0 Å². The van der Waals surface area contributed by atoms with E-state index in [0.29, 0.717) is 38.4 Å². The van der Waals surface area contributed by atoms with E-state index >= 15 is 0 Å². The van der Waals surface area contributed by atoms with Gasteiger partial charge >= 0.3 is 0 Å². The first-order chi connectivity index (χ1) is 12.5. The molecule has 2 heterocycles. The fourth-order valence-corrected chi connectivity index (χ4v) is 3.41. The van der Waals surface area contributed by atoms with Crippen LogP contribution in [0.2, 0.25) is 0 Å². The van der Waals surface area contributed by atoms with Crippen molar-refractivity contribution in [2.24, 2.45) is 0 Å². The fourth-order valence-electron chi connectivity index (χ4n) is 3.41. The monoisotopic (exact) mass is 354 g/mol. The van der Waals surface area contributed by atoms with Gasteiger partial charge < -0.3 is 14.2 Å². The van der Waals surface area contributed by atoms with Crippen molar-refractivity contribution < 1.29 is 14.0 Å². The Morgan fingerprint density at radius 3 is 2.38 bits per heavy atom. The molecule has 0 radical (unpaired) electrons. The number of hydrogen-bond donors (Lipinski definition) is 0. The lowest BCUT2D eigenvalue weighted by Gasteiger charge is -2.22. The minimum absolute atomic E-state index is 0.102. The molecule has 138 valence electrons. The van der Waals surface area contributed by atoms with Crippen LogP contribution in [0.5, 0.6) is 0 Å². The molecule has 3 rings (SSSR count). The van der Waals surface area contributed by atoms with E-state index in [9.17, 15) is 9.59 Å². The van der Waals surface area contributed by atoms with E-state index in [1.165, 1.54) is 17.4 Å². The second kappa shape index (κ2) is 7.77. The van der Waals surface area contributed by atoms with Crippen molar-refractivity contribution in [1.29, 1.82) is 0 Å². The Balaban J connectivity index is 1.63. The Morgan fingerprint density at radius 2 is 1.65 bits per heavy atom. The summed E-state index contributed by atoms with van der Waals surface area (Å²) in [6.45, 7) is 8.66. The van der Waals surface area contributed by atoms with Gasteiger partial charge in [0.05, 0.1) is 12.7 Å². The predicted molar refractivity (Wildman–Crippen MR) is 100 cm³/mol. The highest BCUT2D eigenvalue weighted by Crippen LogP contribution is 2.17. The quantitative estimate of drug-likeness (QED) is 0.851. The number of benzene rings is 1. The van der Waals surface area contributed by atoms with Gasteiger partial charge in [-0.05, 0) is 61.6 Å². The molecule has 0 spiro atoms. The highest BCUT2D eigenvalue weighted by Gasteiger charge is 2.24. The third kappa shape index (κ3) is 3.98. The zero-order valence-corrected chi connectivity index (χ0v) is 15.7. The maximum absolute atomic E-state index is 12.8. The smallest absolute Gasteiger partial charge is 0.289 e. The first-order valence-corrected chi connectivity index (χ1v) is 9.13. The van der Waals surface area contributed by atoms with Crippen molar-refractivity contribution in [2.75, 3.05) is 26.2 Å². The molecule has 1 aliphatic rings. The SMILES string of the molecule is Cc1cc(C)c(CC(=O)N2CCCN(C(=O)c3ccco3)CC2)cc1C. The fraction of sp³-hybridized carbons (Fsp3) is 0.429. The molecule has 2 amide bonds. The summed E-state index contributed by atoms with van der Waals surface area (Å²) in [6.07, 6.45) is 2.70. The molecule has 5 nitrogen and oxygen atoms in total. The molecule has 5 heteroatoms. The first kappa shape index (κ1) is 18.2. The number of hydrogen-bond acceptors (Lipinski definition) is 3. The van der Waals surface area contributed by atoms with Crippen molar-refractivity contribution in [3.05, 3.63) is 58.5 Å². The highest BCUT2D eigenvalue weighted by atomic mass is 16.3. The molecular weight excluding hydrogens is 328 g/mol. The van der Waals surface area contributed by atoms with E-state index in [0.717, 1.165) is 17.5 Å². The number of furan rings is 1. The Morgan fingerprint density at radius 1 is 0.962 bits per heavy atom. The highest BCUT2D eigenvalue weighted by molar-refractivity contribution is 5.91. The van der Waals surface area contributed by atoms with Crippen LogP contribution < -0.4 is 0 Å². The lowest BCUT2D eigenvalue weighted by atomic mass is 9.98. The van der Waals surface area contributed by atoms with Crippen molar-refractivity contribution >= 4 is 11.8 Å². The minimum atomic E-state index is -0.102. The summed E-state index contributed by atoms with van der Waals surface area (Å²) < 4.78 is 5.20. The number of carbonyl (C=O) groups excluding carboxylic acids is 2. The van der Waals surface area contributed by atoms with Gasteiger partial charge in [-0.1, -0.05) is 12.1 Å². The van der Waals surface area contributed by atoms with Crippen LogP contribution >= 0.6 is 0 Å². The lowest BCUT2D eigenvalue weighted by molar-refractivity contribution is -0.130. The Kier molecular flexibility index (Phi) is 5.45. The molecule has 0 aliphatic carbocycles. The largest absolute Gasteiger partial charge is 0.459 e. The second-order valence-electron chi connectivity index (χ2n) is 7.04. The van der Waals surface area contributed by atoms with Gasteiger partial charge in [-0.3, -0.25) is 9.59 Å². The Hall–Kier alpha value is -2.56. The molecule has 1 saturated heterocycles. The van der Waals surface area contributed by atoms with Gasteiger partial charge in [-0.25, -0.2) is 0 Å². The summed E-state index contributed by atoms with van der Waals surface area (Å²) in [4.78, 5) is 28.9. The van der Waals surface area contributed by atoms with Crippen LogP contribution in [0.25, 0.3) is 0 Å². The Labute approximate surface area is 154 Å². The van der Waals surface area contributed by atoms with Crippen LogP contribution in [0, 0.1) is 20.8 Å². The number of carbonyl (C=O) groups is 2. The molecule has 0 atom stereocenters. The standard InChI is InChI=1S/C21H26N2O3/c1-15-12-17(3)18(13-16(15)2)14-20(24)22-7-5-8-23(10-9-22)21(25)19-6-4-11-26-19/h4,6,11-13H,5,7-10,14H2,1-3H3. The number of amides is 2. The van der Waals surface area contributed by atoms with Crippen molar-refractivity contribution in [3.8, 4) is 0 Å². The average Bonchev–Trinajstić information content (AvgIpc) is 3.03. The predicted octanol–water partition coefficient (Wildman–Crippen LogP) is 3.12. The molecule has 1 aromatic carbocycles. The summed E-state index contributed by atoms with van der Waals surface area (Å²) in [5.41, 5.74) is 4.71. The van der Waals surface area contributed by atoms with Gasteiger partial charge in [0, 0.05) is 26.2 Å². The molecule has 2 aromatic rings. The summed E-state index contributed by atoms with van der Waals surface area (Å²) >= 11 is 0. The third-order valence-electron chi connectivity index (χ3n) is 5.16. The van der Waals surface area contributed by atoms with Crippen LogP contribution in [-0.4, -0.2) is 47.8 Å². The topological polar surface area (TPSA) is 53.8 Å². The van der Waals surface area contributed by atoms with Gasteiger partial charge in [-0.15, -0.1) is 0 Å². The summed E-state index contributed by atoms with van der Waals surface area (Å²) in [7, 11) is 0. The summed E-state index contributed by atoms with van der Waals surface area (Å²) in [5, 5.41) is 0. The van der Waals surface area contributed by atoms with Crippen molar-refractivity contribution in [1.82, 2.24) is 9.80 Å². The van der Waals surface area contributed by atoms with E-state index < -0.39 is 0 Å². The van der Waals surface area contributed by atoms with E-state index in [4.69, 9.17) is 4.42 Å². The molecular formula is C21H26N2O3. The average molecular weight is 354 g/mol. The maximum atomic E-state index is 12.8. The zero-order valence-electron chi connectivity index (χ0n) is 15.7. The van der Waals surface area contributed by atoms with Gasteiger partial charge in [-0.2, -0.15) is 0 Å². The van der Waals surface area contributed by atoms with Crippen molar-refractivity contribution in [2.45, 2.75) is 33.6 Å². The van der Waals surface area contributed by atoms with E-state index in [-0.39, 0.29) is 11.8 Å². The van der Waals surface area contributed by atoms with Gasteiger partial charge in [0.1, 0.15) is 0 Å². The number of aryl methyl sites for hydroxylation is 3. The Bertz CT molecular complexity index is 796. The van der Waals surface area contributed by atoms with Crippen LogP contribution in [0.15, 0.2) is 34.9 Å². The van der Waals surface area contributed by atoms with E-state index in [2.05, 4.69) is 32.9 Å². The van der Waals surface area contributed by atoms with Crippen LogP contribution in [0.3, 0.4) is 0 Å². The van der Waals surface area contributed by atoms with E-state index in [1.54, 1.807) is 17.0 Å². The first-order valence-electron chi connectivity index (χ1n) is 9.13. The summed E-state index contributed by atoms with van der Waals surface area (Å²) in [5.74, 6) is 0.383. The molecule has 0 unspecified atom stereocenters. The number of rotatable bonds is 3. The number of nitrogens with zero attached hydrogens (tertiary/aromatic N) is 2. The van der Waals surface area contributed by atoms with Crippen LogP contribution in [-0.2, 0) is 11.2 Å². The lowest BCUT2D eigenvalue weighted by Crippen LogP contribution is -2.38. The maximum Gasteiger partial charge on any atom is 0.289 e. The van der Waals surface area contributed by atoms with Crippen LogP contribution in [0.1, 0.15) is 39.2 Å². The second-order valence-corrected chi connectivity index (χ2v) is 7.04. The molecule has 26 heavy (non-hydrogen) atoms. The molecule has 0 N–H and O–H groups in total. The van der Waals surface area contributed by atoms with Gasteiger partial charge in [0.25, 0.3) is 5.91 Å². The summed E-state index contributed by atoms with van der Waals surface area (Å²) in [6, 6.07) is 7.66. The molecule has 0 saturated carbocycles. The molecule has 1 aliphatic heterocycles. The zero-order chi connectivity index (χ0) is 18.7. The van der Waals surface area contributed by atoms with E-state index in [1.807, 2.05) is 4.90 Å². The van der Waals surface area contributed by atoms with Gasteiger partial charge in [0.15, 0.2) is 5.76 Å².